The van der Waals surface area contributed by atoms with Gasteiger partial charge < -0.3 is 15.4 Å². The molecule has 0 spiro atoms. The highest BCUT2D eigenvalue weighted by atomic mass is 16.5. The molecule has 8 heteroatoms. The number of anilines is 1. The summed E-state index contributed by atoms with van der Waals surface area (Å²) in [6, 6.07) is 14.3. The van der Waals surface area contributed by atoms with Crippen LogP contribution < -0.4 is 20.8 Å². The number of amides is 3. The molecular weight excluding hydrogens is 384 g/mol. The zero-order valence-electron chi connectivity index (χ0n) is 17.1. The zero-order valence-corrected chi connectivity index (χ0v) is 17.1. The summed E-state index contributed by atoms with van der Waals surface area (Å²) in [4.78, 5) is 35.1. The highest BCUT2D eigenvalue weighted by Crippen LogP contribution is 2.14. The van der Waals surface area contributed by atoms with Crippen LogP contribution in [0.2, 0.25) is 0 Å². The molecule has 0 saturated heterocycles. The molecule has 0 heterocycles. The number of nitrogens with zero attached hydrogens (tertiary/aromatic N) is 1. The molecule has 0 aliphatic rings. The van der Waals surface area contributed by atoms with Gasteiger partial charge in [-0.1, -0.05) is 31.5 Å². The number of aryl methyl sites for hydroxylation is 1. The molecule has 30 heavy (non-hydrogen) atoms. The smallest absolute Gasteiger partial charge is 0.329 e. The van der Waals surface area contributed by atoms with Gasteiger partial charge in [0.25, 0.3) is 5.91 Å². The van der Waals surface area contributed by atoms with Crippen molar-refractivity contribution in [2.24, 2.45) is 5.10 Å². The van der Waals surface area contributed by atoms with E-state index in [1.54, 1.807) is 24.3 Å². The average Bonchev–Trinajstić information content (AvgIpc) is 2.75. The molecule has 0 unspecified atom stereocenters. The highest BCUT2D eigenvalue weighted by Gasteiger charge is 2.11. The number of carbonyl (C=O) groups is 3. The summed E-state index contributed by atoms with van der Waals surface area (Å²) in [6.45, 7) is 4.24. The van der Waals surface area contributed by atoms with Crippen LogP contribution in [0, 0.1) is 6.92 Å². The van der Waals surface area contributed by atoms with Gasteiger partial charge in [0.15, 0.2) is 6.61 Å². The molecule has 3 N–H and O–H groups in total. The summed E-state index contributed by atoms with van der Waals surface area (Å²) < 4.78 is 5.48. The summed E-state index contributed by atoms with van der Waals surface area (Å²) in [6.07, 6.45) is 3.15. The normalized spacial score (nSPS) is 10.5. The van der Waals surface area contributed by atoms with Gasteiger partial charge in [0.1, 0.15) is 5.75 Å². The van der Waals surface area contributed by atoms with Crippen LogP contribution in [-0.2, 0) is 14.4 Å². The molecule has 0 saturated carbocycles. The Hall–Kier alpha value is -3.68. The molecule has 0 fully saturated rings. The van der Waals surface area contributed by atoms with Crippen LogP contribution in [0.3, 0.4) is 0 Å². The van der Waals surface area contributed by atoms with Crippen LogP contribution in [-0.4, -0.2) is 37.1 Å². The monoisotopic (exact) mass is 410 g/mol. The fourth-order valence-corrected chi connectivity index (χ4v) is 2.37. The predicted molar refractivity (Wildman–Crippen MR) is 115 cm³/mol. The number of carbonyl (C=O) groups excluding carboxylic acids is 3. The first-order valence-electron chi connectivity index (χ1n) is 9.69. The number of ether oxygens (including phenoxy) is 1. The molecule has 2 rings (SSSR count). The number of nitrogens with one attached hydrogen (secondary N) is 3. The topological polar surface area (TPSA) is 109 Å². The van der Waals surface area contributed by atoms with Crippen LogP contribution in [0.15, 0.2) is 53.6 Å². The Bertz CT molecular complexity index is 894. The van der Waals surface area contributed by atoms with Crippen molar-refractivity contribution in [3.05, 3.63) is 59.7 Å². The Morgan fingerprint density at radius 1 is 1.03 bits per heavy atom. The van der Waals surface area contributed by atoms with Gasteiger partial charge in [0, 0.05) is 12.2 Å². The lowest BCUT2D eigenvalue weighted by Crippen LogP contribution is -2.38. The third kappa shape index (κ3) is 7.75. The molecule has 158 valence electrons. The minimum Gasteiger partial charge on any atom is -0.484 e. The summed E-state index contributed by atoms with van der Waals surface area (Å²) in [7, 11) is 0. The van der Waals surface area contributed by atoms with E-state index < -0.39 is 11.8 Å². The van der Waals surface area contributed by atoms with Gasteiger partial charge in [0.05, 0.1) is 6.21 Å². The minimum atomic E-state index is -0.818. The van der Waals surface area contributed by atoms with Crippen LogP contribution in [0.25, 0.3) is 0 Å². The van der Waals surface area contributed by atoms with E-state index in [1.807, 2.05) is 38.1 Å². The fourth-order valence-electron chi connectivity index (χ4n) is 2.37. The Morgan fingerprint density at radius 2 is 1.77 bits per heavy atom. The molecule has 2 aromatic rings. The number of hydrazone groups is 1. The van der Waals surface area contributed by atoms with Crippen LogP contribution in [0.1, 0.15) is 30.9 Å². The van der Waals surface area contributed by atoms with E-state index in [1.165, 1.54) is 6.21 Å². The van der Waals surface area contributed by atoms with Gasteiger partial charge in [-0.05, 0) is 54.8 Å². The van der Waals surface area contributed by atoms with E-state index in [4.69, 9.17) is 4.74 Å². The first-order chi connectivity index (χ1) is 14.5. The van der Waals surface area contributed by atoms with Crippen LogP contribution >= 0.6 is 0 Å². The van der Waals surface area contributed by atoms with Crippen molar-refractivity contribution in [2.45, 2.75) is 26.7 Å². The van der Waals surface area contributed by atoms with Crippen molar-refractivity contribution < 1.29 is 19.1 Å². The first-order valence-corrected chi connectivity index (χ1v) is 9.69. The highest BCUT2D eigenvalue weighted by molar-refractivity contribution is 6.35. The largest absolute Gasteiger partial charge is 0.484 e. The lowest BCUT2D eigenvalue weighted by atomic mass is 10.2. The maximum atomic E-state index is 12.0. The lowest BCUT2D eigenvalue weighted by molar-refractivity contribution is -0.139. The quantitative estimate of drug-likeness (QED) is 0.255. The van der Waals surface area contributed by atoms with Crippen LogP contribution in [0.5, 0.6) is 5.75 Å². The van der Waals surface area contributed by atoms with Crippen molar-refractivity contribution in [1.29, 1.82) is 0 Å². The molecule has 2 aromatic carbocycles. The van der Waals surface area contributed by atoms with E-state index in [0.29, 0.717) is 17.9 Å². The summed E-state index contributed by atoms with van der Waals surface area (Å²) in [5.41, 5.74) is 4.59. The molecule has 0 bridgehead atoms. The Kier molecular flexibility index (Phi) is 9.05. The average molecular weight is 410 g/mol. The molecule has 0 aromatic heterocycles. The van der Waals surface area contributed by atoms with Crippen molar-refractivity contribution in [2.75, 3.05) is 18.5 Å². The third-order valence-corrected chi connectivity index (χ3v) is 4.07. The SMILES string of the molecule is CCCCNC(=O)C(=O)N/N=C\c1ccc(OCC(=O)Nc2ccccc2C)cc1. The van der Waals surface area contributed by atoms with Crippen molar-refractivity contribution in [3.8, 4) is 5.75 Å². The molecule has 0 radical (unpaired) electrons. The maximum Gasteiger partial charge on any atom is 0.329 e. The van der Waals surface area contributed by atoms with Crippen molar-refractivity contribution in [1.82, 2.24) is 10.7 Å². The molecule has 3 amide bonds. The summed E-state index contributed by atoms with van der Waals surface area (Å²) in [5.74, 6) is -1.27. The number of rotatable bonds is 9. The standard InChI is InChI=1S/C22H26N4O4/c1-3-4-13-23-21(28)22(29)26-24-14-17-9-11-18(12-10-17)30-15-20(27)25-19-8-6-5-7-16(19)2/h5-12,14H,3-4,13,15H2,1-2H3,(H,23,28)(H,25,27)(H,26,29)/b24-14-. The minimum absolute atomic E-state index is 0.120. The van der Waals surface area contributed by atoms with Gasteiger partial charge in [-0.25, -0.2) is 5.43 Å². The molecule has 8 nitrogen and oxygen atoms in total. The maximum absolute atomic E-state index is 12.0. The molecule has 0 aliphatic heterocycles. The second kappa shape index (κ2) is 12.0. The van der Waals surface area contributed by atoms with Gasteiger partial charge in [-0.15, -0.1) is 0 Å². The summed E-state index contributed by atoms with van der Waals surface area (Å²) >= 11 is 0. The summed E-state index contributed by atoms with van der Waals surface area (Å²) in [5, 5.41) is 9.06. The Morgan fingerprint density at radius 3 is 2.47 bits per heavy atom. The van der Waals surface area contributed by atoms with E-state index >= 15 is 0 Å². The number of hydrogen-bond donors (Lipinski definition) is 3. The second-order valence-corrected chi connectivity index (χ2v) is 6.53. The van der Waals surface area contributed by atoms with Crippen LogP contribution in [0.4, 0.5) is 5.69 Å². The molecule has 0 atom stereocenters. The lowest BCUT2D eigenvalue weighted by Gasteiger charge is -2.09. The predicted octanol–water partition coefficient (Wildman–Crippen LogP) is 2.38. The second-order valence-electron chi connectivity index (χ2n) is 6.53. The molecule has 0 aliphatic carbocycles. The zero-order chi connectivity index (χ0) is 21.8. The Balaban J connectivity index is 1.76. The number of benzene rings is 2. The number of hydrogen-bond acceptors (Lipinski definition) is 5. The molecular formula is C22H26N4O4. The van der Waals surface area contributed by atoms with E-state index in [-0.39, 0.29) is 12.5 Å². The van der Waals surface area contributed by atoms with Gasteiger partial charge in [-0.3, -0.25) is 14.4 Å². The number of para-hydroxylation sites is 1. The van der Waals surface area contributed by atoms with Crippen molar-refractivity contribution in [3.63, 3.8) is 0 Å². The number of unbranched alkanes of at least 4 members (excludes halogenated alkanes) is 1. The third-order valence-electron chi connectivity index (χ3n) is 4.07. The van der Waals surface area contributed by atoms with Crippen molar-refractivity contribution >= 4 is 29.6 Å². The van der Waals surface area contributed by atoms with Gasteiger partial charge in [-0.2, -0.15) is 5.10 Å². The fraction of sp³-hybridized carbons (Fsp3) is 0.273. The first kappa shape index (κ1) is 22.6. The Labute approximate surface area is 175 Å². The van der Waals surface area contributed by atoms with E-state index in [2.05, 4.69) is 21.2 Å². The van der Waals surface area contributed by atoms with Gasteiger partial charge in [0.2, 0.25) is 0 Å². The van der Waals surface area contributed by atoms with Gasteiger partial charge >= 0.3 is 11.8 Å². The van der Waals surface area contributed by atoms with E-state index in [0.717, 1.165) is 24.1 Å². The van der Waals surface area contributed by atoms with E-state index in [9.17, 15) is 14.4 Å².